The monoisotopic (exact) mass is 416 g/mol. The molecule has 0 saturated carbocycles. The van der Waals surface area contributed by atoms with Crippen molar-refractivity contribution in [1.29, 1.82) is 0 Å². The van der Waals surface area contributed by atoms with E-state index in [1.165, 1.54) is 6.08 Å². The lowest BCUT2D eigenvalue weighted by Crippen LogP contribution is -2.40. The summed E-state index contributed by atoms with van der Waals surface area (Å²) < 4.78 is 16.2. The molecule has 0 aliphatic carbocycles. The van der Waals surface area contributed by atoms with Gasteiger partial charge in [-0.1, -0.05) is 42.5 Å². The smallest absolute Gasteiger partial charge is 0.269 e. The fraction of sp³-hybridized carbons (Fsp3) is 0.0833. The number of hydrogen-bond acceptors (Lipinski definition) is 5. The van der Waals surface area contributed by atoms with Gasteiger partial charge in [0.05, 0.1) is 0 Å². The lowest BCUT2D eigenvalue weighted by atomic mass is 10.2. The summed E-state index contributed by atoms with van der Waals surface area (Å²) >= 11 is 0. The van der Waals surface area contributed by atoms with Gasteiger partial charge < -0.3 is 14.2 Å². The van der Waals surface area contributed by atoms with Gasteiger partial charge in [-0.25, -0.2) is 0 Å². The molecule has 0 aromatic heterocycles. The molecule has 0 spiro atoms. The number of carbonyl (C=O) groups excluding carboxylic acids is 2. The molecule has 0 saturated heterocycles. The maximum Gasteiger partial charge on any atom is 0.269 e. The molecule has 0 radical (unpaired) electrons. The Hall–Kier alpha value is -4.26. The third-order valence-corrected chi connectivity index (χ3v) is 4.49. The minimum Gasteiger partial charge on any atom is -0.489 e. The van der Waals surface area contributed by atoms with Crippen molar-refractivity contribution in [2.24, 2.45) is 0 Å². The molecule has 0 bridgehead atoms. The van der Waals surface area contributed by atoms with Gasteiger partial charge in [0.25, 0.3) is 11.8 Å². The largest absolute Gasteiger partial charge is 0.489 e. The van der Waals surface area contributed by atoms with Crippen molar-refractivity contribution >= 4 is 17.9 Å². The number of hydrazine groups is 1. The molecule has 3 aromatic rings. The van der Waals surface area contributed by atoms with Crippen LogP contribution in [0.2, 0.25) is 0 Å². The quantitative estimate of drug-likeness (QED) is 0.475. The van der Waals surface area contributed by atoms with E-state index in [9.17, 15) is 9.59 Å². The van der Waals surface area contributed by atoms with Crippen LogP contribution in [0.25, 0.3) is 6.08 Å². The van der Waals surface area contributed by atoms with Crippen LogP contribution in [0, 0.1) is 0 Å². The molecule has 2 amide bonds. The summed E-state index contributed by atoms with van der Waals surface area (Å²) in [7, 11) is 0. The molecule has 31 heavy (non-hydrogen) atoms. The maximum atomic E-state index is 12.2. The minimum absolute atomic E-state index is 0.127. The standard InChI is InChI=1S/C24H20N2O5/c27-23(25-26-24(28)19-9-12-21-22(14-19)31-16-30-21)13-8-17-6-10-20(11-7-17)29-15-18-4-2-1-3-5-18/h1-14H,15-16H2,(H,25,27)(H,26,28)/b13-8+. The molecule has 1 heterocycles. The Morgan fingerprint density at radius 1 is 0.903 bits per heavy atom. The van der Waals surface area contributed by atoms with Crippen LogP contribution >= 0.6 is 0 Å². The Morgan fingerprint density at radius 3 is 2.48 bits per heavy atom. The second-order valence-electron chi connectivity index (χ2n) is 6.69. The number of amides is 2. The van der Waals surface area contributed by atoms with Crippen LogP contribution in [-0.2, 0) is 11.4 Å². The third-order valence-electron chi connectivity index (χ3n) is 4.49. The van der Waals surface area contributed by atoms with Gasteiger partial charge in [-0.2, -0.15) is 0 Å². The molecule has 2 N–H and O–H groups in total. The zero-order chi connectivity index (χ0) is 21.5. The van der Waals surface area contributed by atoms with Crippen LogP contribution in [0.15, 0.2) is 78.9 Å². The van der Waals surface area contributed by atoms with Crippen LogP contribution in [0.3, 0.4) is 0 Å². The van der Waals surface area contributed by atoms with Crippen molar-refractivity contribution < 1.29 is 23.8 Å². The Bertz CT molecular complexity index is 1090. The number of rotatable bonds is 6. The summed E-state index contributed by atoms with van der Waals surface area (Å²) in [5.41, 5.74) is 6.97. The number of benzene rings is 3. The van der Waals surface area contributed by atoms with Crippen LogP contribution in [0.4, 0.5) is 0 Å². The molecule has 1 aliphatic heterocycles. The topological polar surface area (TPSA) is 85.9 Å². The van der Waals surface area contributed by atoms with E-state index >= 15 is 0 Å². The highest BCUT2D eigenvalue weighted by atomic mass is 16.7. The molecule has 7 heteroatoms. The van der Waals surface area contributed by atoms with Crippen molar-refractivity contribution in [3.05, 3.63) is 95.6 Å². The number of nitrogens with one attached hydrogen (secondary N) is 2. The lowest BCUT2D eigenvalue weighted by Gasteiger charge is -2.07. The molecule has 1 aliphatic rings. The first kappa shape index (κ1) is 20.0. The van der Waals surface area contributed by atoms with Crippen LogP contribution in [0.1, 0.15) is 21.5 Å². The third kappa shape index (κ3) is 5.42. The molecular weight excluding hydrogens is 396 g/mol. The average molecular weight is 416 g/mol. The zero-order valence-electron chi connectivity index (χ0n) is 16.5. The van der Waals surface area contributed by atoms with Crippen molar-refractivity contribution in [3.63, 3.8) is 0 Å². The van der Waals surface area contributed by atoms with E-state index in [1.54, 1.807) is 24.3 Å². The Balaban J connectivity index is 1.24. The van der Waals surface area contributed by atoms with E-state index < -0.39 is 11.8 Å². The average Bonchev–Trinajstić information content (AvgIpc) is 3.29. The number of ether oxygens (including phenoxy) is 3. The van der Waals surface area contributed by atoms with Gasteiger partial charge in [-0.3, -0.25) is 20.4 Å². The highest BCUT2D eigenvalue weighted by molar-refractivity contribution is 5.98. The van der Waals surface area contributed by atoms with Crippen molar-refractivity contribution in [1.82, 2.24) is 10.9 Å². The van der Waals surface area contributed by atoms with Crippen LogP contribution in [-0.4, -0.2) is 18.6 Å². The van der Waals surface area contributed by atoms with Crippen molar-refractivity contribution in [2.45, 2.75) is 6.61 Å². The maximum absolute atomic E-state index is 12.2. The van der Waals surface area contributed by atoms with Gasteiger partial charge in [0, 0.05) is 11.6 Å². The second-order valence-corrected chi connectivity index (χ2v) is 6.69. The highest BCUT2D eigenvalue weighted by Crippen LogP contribution is 2.32. The fourth-order valence-corrected chi connectivity index (χ4v) is 2.86. The fourth-order valence-electron chi connectivity index (χ4n) is 2.86. The normalized spacial score (nSPS) is 11.9. The Labute approximate surface area is 179 Å². The molecular formula is C24H20N2O5. The first-order valence-corrected chi connectivity index (χ1v) is 9.62. The summed E-state index contributed by atoms with van der Waals surface area (Å²) in [6.45, 7) is 0.615. The van der Waals surface area contributed by atoms with E-state index in [2.05, 4.69) is 10.9 Å². The molecule has 0 unspecified atom stereocenters. The minimum atomic E-state index is -0.460. The van der Waals surface area contributed by atoms with E-state index in [0.29, 0.717) is 23.7 Å². The summed E-state index contributed by atoms with van der Waals surface area (Å²) in [5.74, 6) is 0.898. The molecule has 7 nitrogen and oxygen atoms in total. The predicted molar refractivity (Wildman–Crippen MR) is 114 cm³/mol. The van der Waals surface area contributed by atoms with Gasteiger partial charge in [-0.15, -0.1) is 0 Å². The SMILES string of the molecule is O=C(/C=C/c1ccc(OCc2ccccc2)cc1)NNC(=O)c1ccc2c(c1)OCO2. The van der Waals surface area contributed by atoms with Crippen LogP contribution < -0.4 is 25.1 Å². The van der Waals surface area contributed by atoms with Gasteiger partial charge in [0.15, 0.2) is 11.5 Å². The number of carbonyl (C=O) groups is 2. The highest BCUT2D eigenvalue weighted by Gasteiger charge is 2.16. The summed E-state index contributed by atoms with van der Waals surface area (Å²) in [5, 5.41) is 0. The van der Waals surface area contributed by atoms with Crippen LogP contribution in [0.5, 0.6) is 17.2 Å². The Kier molecular flexibility index (Phi) is 6.13. The Morgan fingerprint density at radius 2 is 1.68 bits per heavy atom. The molecule has 3 aromatic carbocycles. The molecule has 4 rings (SSSR count). The second kappa shape index (κ2) is 9.49. The van der Waals surface area contributed by atoms with Gasteiger partial charge >= 0.3 is 0 Å². The summed E-state index contributed by atoms with van der Waals surface area (Å²) in [6.07, 6.45) is 2.97. The number of hydrogen-bond donors (Lipinski definition) is 2. The first-order chi connectivity index (χ1) is 15.2. The van der Waals surface area contributed by atoms with E-state index in [-0.39, 0.29) is 6.79 Å². The molecule has 0 fully saturated rings. The predicted octanol–water partition coefficient (Wildman–Crippen LogP) is 3.47. The number of fused-ring (bicyclic) bond motifs is 1. The first-order valence-electron chi connectivity index (χ1n) is 9.62. The van der Waals surface area contributed by atoms with E-state index in [1.807, 2.05) is 54.6 Å². The summed E-state index contributed by atoms with van der Waals surface area (Å²) in [6, 6.07) is 22.0. The lowest BCUT2D eigenvalue weighted by molar-refractivity contribution is -0.117. The molecule has 0 atom stereocenters. The van der Waals surface area contributed by atoms with E-state index in [0.717, 1.165) is 16.9 Å². The van der Waals surface area contributed by atoms with Gasteiger partial charge in [-0.05, 0) is 47.5 Å². The van der Waals surface area contributed by atoms with Gasteiger partial charge in [0.2, 0.25) is 6.79 Å². The zero-order valence-corrected chi connectivity index (χ0v) is 16.5. The van der Waals surface area contributed by atoms with E-state index in [4.69, 9.17) is 14.2 Å². The summed E-state index contributed by atoms with van der Waals surface area (Å²) in [4.78, 5) is 24.1. The van der Waals surface area contributed by atoms with Crippen molar-refractivity contribution in [3.8, 4) is 17.2 Å². The molecule has 156 valence electrons. The van der Waals surface area contributed by atoms with Gasteiger partial charge in [0.1, 0.15) is 12.4 Å². The van der Waals surface area contributed by atoms with Crippen molar-refractivity contribution in [2.75, 3.05) is 6.79 Å².